The number of benzene rings is 7. The third kappa shape index (κ3) is 3.03. The molecule has 0 atom stereocenters. The molecule has 0 bridgehead atoms. The van der Waals surface area contributed by atoms with Crippen LogP contribution in [0.5, 0.6) is 0 Å². The fourth-order valence-electron chi connectivity index (χ4n) is 7.29. The Morgan fingerprint density at radius 3 is 1.98 bits per heavy atom. The van der Waals surface area contributed by atoms with Gasteiger partial charge in [0.25, 0.3) is 0 Å². The molecule has 7 aromatic carbocycles. The second-order valence-electron chi connectivity index (χ2n) is 11.3. The third-order valence-electron chi connectivity index (χ3n) is 9.08. The number of rotatable bonds is 2. The van der Waals surface area contributed by atoms with Crippen molar-refractivity contribution >= 4 is 76.3 Å². The first kappa shape index (κ1) is 22.8. The summed E-state index contributed by atoms with van der Waals surface area (Å²) in [6, 6.07) is 52.3. The van der Waals surface area contributed by atoms with E-state index in [2.05, 4.69) is 149 Å². The lowest BCUT2D eigenvalue weighted by Crippen LogP contribution is -1.96. The highest BCUT2D eigenvalue weighted by Crippen LogP contribution is 2.44. The molecule has 0 aliphatic rings. The number of hydrogen-bond donors (Lipinski definition) is 0. The van der Waals surface area contributed by atoms with Gasteiger partial charge in [-0.05, 0) is 59.3 Å². The van der Waals surface area contributed by atoms with Gasteiger partial charge in [-0.3, -0.25) is 0 Å². The van der Waals surface area contributed by atoms with Gasteiger partial charge in [0.05, 0.1) is 33.1 Å². The molecule has 0 aliphatic heterocycles. The largest absolute Gasteiger partial charge is 0.456 e. The lowest BCUT2D eigenvalue weighted by atomic mass is 10.1. The second kappa shape index (κ2) is 8.37. The maximum Gasteiger partial charge on any atom is 0.137 e. The molecule has 0 N–H and O–H groups in total. The molecule has 0 saturated heterocycles. The normalized spacial score (nSPS) is 12.2. The fraction of sp³-hybridized carbons (Fsp3) is 0. The number of hydrogen-bond acceptors (Lipinski definition) is 1. The summed E-state index contributed by atoms with van der Waals surface area (Å²) in [6.07, 6.45) is 0. The lowest BCUT2D eigenvalue weighted by molar-refractivity contribution is 0.669. The minimum Gasteiger partial charge on any atom is -0.456 e. The van der Waals surface area contributed by atoms with Crippen molar-refractivity contribution in [3.8, 4) is 11.4 Å². The molecule has 200 valence electrons. The molecule has 43 heavy (non-hydrogen) atoms. The Labute approximate surface area is 246 Å². The van der Waals surface area contributed by atoms with Crippen LogP contribution in [0.2, 0.25) is 0 Å². The molecule has 3 heteroatoms. The van der Waals surface area contributed by atoms with Gasteiger partial charge in [-0.25, -0.2) is 0 Å². The van der Waals surface area contributed by atoms with Gasteiger partial charge in [-0.1, -0.05) is 97.1 Å². The van der Waals surface area contributed by atoms with Crippen LogP contribution in [0.1, 0.15) is 0 Å². The molecule has 0 radical (unpaired) electrons. The minimum absolute atomic E-state index is 0.899. The zero-order valence-electron chi connectivity index (χ0n) is 23.2. The predicted octanol–water partition coefficient (Wildman–Crippen LogP) is 10.9. The number of nitrogens with zero attached hydrogens (tertiary/aromatic N) is 2. The van der Waals surface area contributed by atoms with E-state index in [0.717, 1.165) is 33.3 Å². The summed E-state index contributed by atoms with van der Waals surface area (Å²) < 4.78 is 11.2. The van der Waals surface area contributed by atoms with E-state index >= 15 is 0 Å². The van der Waals surface area contributed by atoms with Crippen LogP contribution in [-0.2, 0) is 0 Å². The molecule has 3 nitrogen and oxygen atoms in total. The number of aromatic nitrogens is 2. The van der Waals surface area contributed by atoms with Crippen LogP contribution in [0.15, 0.2) is 150 Å². The highest BCUT2D eigenvalue weighted by Gasteiger charge is 2.22. The molecule has 0 saturated carbocycles. The van der Waals surface area contributed by atoms with Crippen LogP contribution in [0, 0.1) is 0 Å². The van der Waals surface area contributed by atoms with Crippen LogP contribution in [0.4, 0.5) is 0 Å². The van der Waals surface area contributed by atoms with Crippen molar-refractivity contribution in [3.05, 3.63) is 146 Å². The van der Waals surface area contributed by atoms with Crippen molar-refractivity contribution in [2.24, 2.45) is 0 Å². The van der Waals surface area contributed by atoms with Crippen molar-refractivity contribution in [2.45, 2.75) is 0 Å². The van der Waals surface area contributed by atoms with Crippen LogP contribution in [0.3, 0.4) is 0 Å². The Hall–Kier alpha value is -5.80. The fourth-order valence-corrected chi connectivity index (χ4v) is 7.29. The van der Waals surface area contributed by atoms with E-state index in [1.807, 2.05) is 6.07 Å². The Morgan fingerprint density at radius 1 is 0.395 bits per heavy atom. The van der Waals surface area contributed by atoms with E-state index in [-0.39, 0.29) is 0 Å². The smallest absolute Gasteiger partial charge is 0.137 e. The van der Waals surface area contributed by atoms with Crippen molar-refractivity contribution in [1.29, 1.82) is 0 Å². The average molecular weight is 549 g/mol. The van der Waals surface area contributed by atoms with Crippen molar-refractivity contribution in [1.82, 2.24) is 9.13 Å². The second-order valence-corrected chi connectivity index (χ2v) is 11.3. The number of furan rings is 1. The predicted molar refractivity (Wildman–Crippen MR) is 180 cm³/mol. The first-order valence-corrected chi connectivity index (χ1v) is 14.7. The van der Waals surface area contributed by atoms with Gasteiger partial charge in [0.1, 0.15) is 11.2 Å². The van der Waals surface area contributed by atoms with Gasteiger partial charge >= 0.3 is 0 Å². The highest BCUT2D eigenvalue weighted by atomic mass is 16.3. The van der Waals surface area contributed by atoms with Crippen LogP contribution in [0.25, 0.3) is 87.7 Å². The summed E-state index contributed by atoms with van der Waals surface area (Å²) in [4.78, 5) is 0. The van der Waals surface area contributed by atoms with Gasteiger partial charge in [0.2, 0.25) is 0 Å². The number of para-hydroxylation sites is 3. The first-order valence-electron chi connectivity index (χ1n) is 14.7. The maximum absolute atomic E-state index is 6.32. The Morgan fingerprint density at radius 2 is 1.09 bits per heavy atom. The van der Waals surface area contributed by atoms with Gasteiger partial charge in [0.15, 0.2) is 0 Å². The maximum atomic E-state index is 6.32. The Kier molecular flexibility index (Phi) is 4.45. The molecule has 10 aromatic rings. The van der Waals surface area contributed by atoms with Crippen molar-refractivity contribution in [2.75, 3.05) is 0 Å². The van der Waals surface area contributed by atoms with Crippen molar-refractivity contribution < 1.29 is 4.42 Å². The molecule has 0 fully saturated rings. The van der Waals surface area contributed by atoms with E-state index in [1.54, 1.807) is 0 Å². The molecular formula is C40H24N2O. The zero-order valence-corrected chi connectivity index (χ0v) is 23.2. The summed E-state index contributed by atoms with van der Waals surface area (Å²) >= 11 is 0. The minimum atomic E-state index is 0.899. The van der Waals surface area contributed by atoms with Crippen LogP contribution < -0.4 is 0 Å². The Balaban J connectivity index is 1.41. The topological polar surface area (TPSA) is 23.0 Å². The SMILES string of the molecule is c1ccc2cc(-n3c4ccccc4c4ccc5c(c6ccccc6n5-c5cccc6oc7ccccc7c56)c43)ccc2c1. The van der Waals surface area contributed by atoms with E-state index in [1.165, 1.54) is 54.4 Å². The van der Waals surface area contributed by atoms with Gasteiger partial charge in [-0.2, -0.15) is 0 Å². The van der Waals surface area contributed by atoms with Crippen LogP contribution in [-0.4, -0.2) is 9.13 Å². The molecule has 0 aliphatic carbocycles. The molecule has 0 unspecified atom stereocenters. The van der Waals surface area contributed by atoms with E-state index in [4.69, 9.17) is 4.42 Å². The first-order chi connectivity index (χ1) is 21.3. The van der Waals surface area contributed by atoms with Gasteiger partial charge < -0.3 is 13.6 Å². The van der Waals surface area contributed by atoms with E-state index in [9.17, 15) is 0 Å². The van der Waals surface area contributed by atoms with Gasteiger partial charge in [-0.15, -0.1) is 0 Å². The zero-order chi connectivity index (χ0) is 28.1. The molecule has 0 amide bonds. The summed E-state index contributed by atoms with van der Waals surface area (Å²) in [5.74, 6) is 0. The van der Waals surface area contributed by atoms with Crippen LogP contribution >= 0.6 is 0 Å². The molecule has 3 heterocycles. The summed E-state index contributed by atoms with van der Waals surface area (Å²) in [6.45, 7) is 0. The summed E-state index contributed by atoms with van der Waals surface area (Å²) in [7, 11) is 0. The highest BCUT2D eigenvalue weighted by molar-refractivity contribution is 6.26. The number of fused-ring (bicyclic) bond motifs is 11. The molecular weight excluding hydrogens is 524 g/mol. The van der Waals surface area contributed by atoms with Gasteiger partial charge in [0, 0.05) is 32.6 Å². The summed E-state index contributed by atoms with van der Waals surface area (Å²) in [5.41, 5.74) is 8.89. The van der Waals surface area contributed by atoms with Crippen molar-refractivity contribution in [3.63, 3.8) is 0 Å². The molecule has 0 spiro atoms. The average Bonchev–Trinajstić information content (AvgIpc) is 3.72. The monoisotopic (exact) mass is 548 g/mol. The Bertz CT molecular complexity index is 2740. The standard InChI is InChI=1S/C40H24N2O/c1-2-11-26-24-27(21-20-25(26)10-1)41-32-15-6-3-12-28(32)29-22-23-35-39(40(29)41)30-13-4-7-16-33(30)42(35)34-17-9-19-37-38(34)31-14-5-8-18-36(31)43-37/h1-24H. The third-order valence-corrected chi connectivity index (χ3v) is 9.08. The lowest BCUT2D eigenvalue weighted by Gasteiger charge is -2.11. The molecule has 3 aromatic heterocycles. The van der Waals surface area contributed by atoms with E-state index in [0.29, 0.717) is 0 Å². The molecule has 10 rings (SSSR count). The van der Waals surface area contributed by atoms with E-state index < -0.39 is 0 Å². The summed E-state index contributed by atoms with van der Waals surface area (Å²) in [5, 5.41) is 9.74. The quantitative estimate of drug-likeness (QED) is 0.211.